The van der Waals surface area contributed by atoms with Gasteiger partial charge in [0, 0.05) is 5.69 Å². The van der Waals surface area contributed by atoms with Crippen molar-refractivity contribution in [3.8, 4) is 0 Å². The van der Waals surface area contributed by atoms with Crippen LogP contribution >= 0.6 is 0 Å². The van der Waals surface area contributed by atoms with Gasteiger partial charge >= 0.3 is 0 Å². The van der Waals surface area contributed by atoms with Crippen molar-refractivity contribution in [2.75, 3.05) is 11.9 Å². The van der Waals surface area contributed by atoms with Gasteiger partial charge in [-0.1, -0.05) is 30.3 Å². The van der Waals surface area contributed by atoms with Crippen molar-refractivity contribution >= 4 is 22.4 Å². The van der Waals surface area contributed by atoms with Gasteiger partial charge in [0.1, 0.15) is 6.04 Å². The van der Waals surface area contributed by atoms with E-state index in [1.54, 1.807) is 0 Å². The zero-order valence-corrected chi connectivity index (χ0v) is 9.26. The van der Waals surface area contributed by atoms with Crippen LogP contribution < -0.4 is 11.1 Å². The van der Waals surface area contributed by atoms with Crippen LogP contribution in [0.15, 0.2) is 42.5 Å². The molecule has 0 aromatic heterocycles. The molecular weight excluding hydrogens is 216 g/mol. The number of nitrogens with one attached hydrogen (secondary N) is 1. The van der Waals surface area contributed by atoms with Gasteiger partial charge in [0.15, 0.2) is 0 Å². The summed E-state index contributed by atoms with van der Waals surface area (Å²) in [7, 11) is 0. The van der Waals surface area contributed by atoms with Gasteiger partial charge in [-0.2, -0.15) is 0 Å². The van der Waals surface area contributed by atoms with Gasteiger partial charge in [0.25, 0.3) is 0 Å². The molecule has 4 heteroatoms. The van der Waals surface area contributed by atoms with Gasteiger partial charge in [-0.25, -0.2) is 0 Å². The van der Waals surface area contributed by atoms with Crippen LogP contribution in [-0.4, -0.2) is 23.7 Å². The van der Waals surface area contributed by atoms with E-state index >= 15 is 0 Å². The van der Waals surface area contributed by atoms with E-state index in [-0.39, 0.29) is 12.5 Å². The number of benzene rings is 2. The molecule has 17 heavy (non-hydrogen) atoms. The summed E-state index contributed by atoms with van der Waals surface area (Å²) in [6.07, 6.45) is 0. The number of aliphatic hydroxyl groups excluding tert-OH is 1. The Bertz CT molecular complexity index is 540. The highest BCUT2D eigenvalue weighted by Gasteiger charge is 2.11. The normalized spacial score (nSPS) is 12.4. The molecule has 4 N–H and O–H groups in total. The fourth-order valence-electron chi connectivity index (χ4n) is 1.58. The van der Waals surface area contributed by atoms with E-state index in [4.69, 9.17) is 10.8 Å². The van der Waals surface area contributed by atoms with E-state index in [0.717, 1.165) is 10.8 Å². The number of rotatable bonds is 3. The van der Waals surface area contributed by atoms with Crippen LogP contribution in [-0.2, 0) is 4.79 Å². The second-order valence-electron chi connectivity index (χ2n) is 3.84. The molecule has 0 saturated heterocycles. The zero-order chi connectivity index (χ0) is 12.3. The molecule has 2 aromatic carbocycles. The van der Waals surface area contributed by atoms with Crippen LogP contribution in [0.5, 0.6) is 0 Å². The molecule has 0 radical (unpaired) electrons. The average Bonchev–Trinajstić information content (AvgIpc) is 2.37. The van der Waals surface area contributed by atoms with Crippen molar-refractivity contribution in [2.45, 2.75) is 6.04 Å². The van der Waals surface area contributed by atoms with Crippen molar-refractivity contribution in [3.05, 3.63) is 42.5 Å². The molecule has 88 valence electrons. The largest absolute Gasteiger partial charge is 0.394 e. The van der Waals surface area contributed by atoms with Gasteiger partial charge in [0.2, 0.25) is 5.91 Å². The Morgan fingerprint density at radius 3 is 2.65 bits per heavy atom. The van der Waals surface area contributed by atoms with Crippen molar-refractivity contribution < 1.29 is 9.90 Å². The van der Waals surface area contributed by atoms with Crippen LogP contribution in [0.4, 0.5) is 5.69 Å². The number of nitrogens with two attached hydrogens (primary N) is 1. The first-order chi connectivity index (χ1) is 8.20. The van der Waals surface area contributed by atoms with Gasteiger partial charge in [-0.05, 0) is 22.9 Å². The van der Waals surface area contributed by atoms with Gasteiger partial charge in [-0.3, -0.25) is 4.79 Å². The van der Waals surface area contributed by atoms with Crippen LogP contribution in [0.1, 0.15) is 0 Å². The minimum absolute atomic E-state index is 0.362. The number of carbonyl (C=O) groups excluding carboxylic acids is 1. The van der Waals surface area contributed by atoms with Crippen molar-refractivity contribution in [3.63, 3.8) is 0 Å². The van der Waals surface area contributed by atoms with E-state index in [2.05, 4.69) is 5.32 Å². The molecule has 0 saturated carbocycles. The minimum atomic E-state index is -0.888. The second kappa shape index (κ2) is 4.95. The zero-order valence-electron chi connectivity index (χ0n) is 9.26. The molecule has 2 rings (SSSR count). The number of fused-ring (bicyclic) bond motifs is 1. The molecule has 0 bridgehead atoms. The predicted octanol–water partition coefficient (Wildman–Crippen LogP) is 1.10. The molecule has 0 heterocycles. The summed E-state index contributed by atoms with van der Waals surface area (Å²) in [5, 5.41) is 13.6. The molecule has 1 unspecified atom stereocenters. The molecule has 1 atom stereocenters. The molecule has 0 fully saturated rings. The van der Waals surface area contributed by atoms with E-state index in [1.807, 2.05) is 42.5 Å². The highest BCUT2D eigenvalue weighted by molar-refractivity contribution is 5.97. The highest BCUT2D eigenvalue weighted by atomic mass is 16.3. The van der Waals surface area contributed by atoms with Crippen LogP contribution in [0.3, 0.4) is 0 Å². The Hall–Kier alpha value is -1.91. The summed E-state index contributed by atoms with van der Waals surface area (Å²) in [5.74, 6) is -0.386. The van der Waals surface area contributed by atoms with Gasteiger partial charge in [0.05, 0.1) is 6.61 Å². The Balaban J connectivity index is 2.22. The SMILES string of the molecule is NC(CO)C(=O)Nc1ccc2ccccc2c1. The fourth-order valence-corrected chi connectivity index (χ4v) is 1.58. The van der Waals surface area contributed by atoms with Crippen LogP contribution in [0.25, 0.3) is 10.8 Å². The summed E-state index contributed by atoms with van der Waals surface area (Å²) in [4.78, 5) is 11.5. The van der Waals surface area contributed by atoms with E-state index < -0.39 is 6.04 Å². The summed E-state index contributed by atoms with van der Waals surface area (Å²) in [6.45, 7) is -0.362. The smallest absolute Gasteiger partial charge is 0.243 e. The van der Waals surface area contributed by atoms with E-state index in [0.29, 0.717) is 5.69 Å². The molecule has 1 amide bonds. The molecule has 0 aliphatic heterocycles. The Morgan fingerprint density at radius 2 is 1.94 bits per heavy atom. The molecule has 2 aromatic rings. The first kappa shape index (κ1) is 11.6. The Morgan fingerprint density at radius 1 is 1.24 bits per heavy atom. The quantitative estimate of drug-likeness (QED) is 0.739. The number of hydrogen-bond acceptors (Lipinski definition) is 3. The first-order valence-electron chi connectivity index (χ1n) is 5.37. The first-order valence-corrected chi connectivity index (χ1v) is 5.37. The lowest BCUT2D eigenvalue weighted by molar-refractivity contribution is -0.118. The number of amides is 1. The standard InChI is InChI=1S/C13H14N2O2/c14-12(8-16)13(17)15-11-6-5-9-3-1-2-4-10(9)7-11/h1-7,12,16H,8,14H2,(H,15,17). The topological polar surface area (TPSA) is 75.3 Å². The maximum Gasteiger partial charge on any atom is 0.243 e. The monoisotopic (exact) mass is 230 g/mol. The summed E-state index contributed by atoms with van der Waals surface area (Å²) in [5.41, 5.74) is 6.09. The third-order valence-corrected chi connectivity index (χ3v) is 2.55. The molecule has 0 aliphatic rings. The highest BCUT2D eigenvalue weighted by Crippen LogP contribution is 2.18. The number of hydrogen-bond donors (Lipinski definition) is 3. The molecule has 0 aliphatic carbocycles. The lowest BCUT2D eigenvalue weighted by atomic mass is 10.1. The Kier molecular flexibility index (Phi) is 3.37. The lowest BCUT2D eigenvalue weighted by Crippen LogP contribution is -2.38. The second-order valence-corrected chi connectivity index (χ2v) is 3.84. The molecule has 4 nitrogen and oxygen atoms in total. The predicted molar refractivity (Wildman–Crippen MR) is 67.6 cm³/mol. The number of carbonyl (C=O) groups is 1. The number of anilines is 1. The average molecular weight is 230 g/mol. The van der Waals surface area contributed by atoms with Crippen molar-refractivity contribution in [1.29, 1.82) is 0 Å². The molecular formula is C13H14N2O2. The van der Waals surface area contributed by atoms with E-state index in [9.17, 15) is 4.79 Å². The minimum Gasteiger partial charge on any atom is -0.394 e. The van der Waals surface area contributed by atoms with E-state index in [1.165, 1.54) is 0 Å². The third kappa shape index (κ3) is 2.61. The van der Waals surface area contributed by atoms with Crippen molar-refractivity contribution in [1.82, 2.24) is 0 Å². The van der Waals surface area contributed by atoms with Gasteiger partial charge in [-0.15, -0.1) is 0 Å². The van der Waals surface area contributed by atoms with Gasteiger partial charge < -0.3 is 16.2 Å². The molecule has 0 spiro atoms. The van der Waals surface area contributed by atoms with Crippen LogP contribution in [0, 0.1) is 0 Å². The summed E-state index contributed by atoms with van der Waals surface area (Å²) < 4.78 is 0. The number of aliphatic hydroxyl groups is 1. The summed E-state index contributed by atoms with van der Waals surface area (Å²) >= 11 is 0. The maximum absolute atomic E-state index is 11.5. The van der Waals surface area contributed by atoms with Crippen molar-refractivity contribution in [2.24, 2.45) is 5.73 Å². The maximum atomic E-state index is 11.5. The third-order valence-electron chi connectivity index (χ3n) is 2.55. The lowest BCUT2D eigenvalue weighted by Gasteiger charge is -2.10. The Labute approximate surface area is 99.1 Å². The van der Waals surface area contributed by atoms with Crippen LogP contribution in [0.2, 0.25) is 0 Å². The summed E-state index contributed by atoms with van der Waals surface area (Å²) in [6, 6.07) is 12.6. The fraction of sp³-hybridized carbons (Fsp3) is 0.154.